The second kappa shape index (κ2) is 7.63. The molecule has 1 saturated heterocycles. The number of amides is 1. The van der Waals surface area contributed by atoms with Gasteiger partial charge < -0.3 is 4.90 Å². The van der Waals surface area contributed by atoms with Crippen LogP contribution in [-0.4, -0.2) is 30.4 Å². The largest absolute Gasteiger partial charge is 0.308 e. The zero-order chi connectivity index (χ0) is 17.9. The molecule has 2 aromatic rings. The van der Waals surface area contributed by atoms with E-state index in [-0.39, 0.29) is 5.91 Å². The number of anilines is 1. The normalized spacial score (nSPS) is 18.6. The average Bonchev–Trinajstić information content (AvgIpc) is 2.69. The van der Waals surface area contributed by atoms with Crippen molar-refractivity contribution in [3.63, 3.8) is 0 Å². The van der Waals surface area contributed by atoms with Crippen LogP contribution in [0.5, 0.6) is 0 Å². The molecule has 0 spiro atoms. The van der Waals surface area contributed by atoms with E-state index in [0.29, 0.717) is 0 Å². The van der Waals surface area contributed by atoms with Gasteiger partial charge >= 0.3 is 0 Å². The lowest BCUT2D eigenvalue weighted by Crippen LogP contribution is -2.35. The van der Waals surface area contributed by atoms with Gasteiger partial charge in [0.25, 0.3) is 5.91 Å². The molecule has 2 aromatic carbocycles. The second-order valence-corrected chi connectivity index (χ2v) is 7.84. The van der Waals surface area contributed by atoms with E-state index in [2.05, 4.69) is 42.2 Å². The third-order valence-electron chi connectivity index (χ3n) is 5.84. The van der Waals surface area contributed by atoms with Gasteiger partial charge in [0.1, 0.15) is 0 Å². The maximum atomic E-state index is 13.0. The molecule has 1 amide bonds. The number of nitrogens with zero attached hydrogens (tertiary/aromatic N) is 2. The number of para-hydroxylation sites is 1. The molecule has 1 fully saturated rings. The molecule has 0 N–H and O–H groups in total. The SMILES string of the molecule is CC1CCN(Cc2ccc(C(=O)N3CCCc4ccccc43)cc2)CC1. The molecule has 3 heteroatoms. The van der Waals surface area contributed by atoms with Crippen molar-refractivity contribution in [1.29, 1.82) is 0 Å². The number of likely N-dealkylation sites (tertiary alicyclic amines) is 1. The van der Waals surface area contributed by atoms with E-state index in [9.17, 15) is 4.79 Å². The van der Waals surface area contributed by atoms with Crippen molar-refractivity contribution in [2.45, 2.75) is 39.2 Å². The predicted octanol–water partition coefficient (Wildman–Crippen LogP) is 4.51. The molecular weight excluding hydrogens is 320 g/mol. The van der Waals surface area contributed by atoms with E-state index in [0.717, 1.165) is 43.1 Å². The van der Waals surface area contributed by atoms with Crippen LogP contribution in [0.2, 0.25) is 0 Å². The van der Waals surface area contributed by atoms with Crippen molar-refractivity contribution in [2.24, 2.45) is 5.92 Å². The van der Waals surface area contributed by atoms with Gasteiger partial charge in [0.05, 0.1) is 0 Å². The quantitative estimate of drug-likeness (QED) is 0.815. The number of piperidine rings is 1. The minimum absolute atomic E-state index is 0.121. The first-order valence-corrected chi connectivity index (χ1v) is 9.92. The third kappa shape index (κ3) is 3.68. The van der Waals surface area contributed by atoms with Crippen molar-refractivity contribution >= 4 is 11.6 Å². The summed E-state index contributed by atoms with van der Waals surface area (Å²) in [7, 11) is 0. The summed E-state index contributed by atoms with van der Waals surface area (Å²) in [5.74, 6) is 0.981. The van der Waals surface area contributed by atoms with E-state index < -0.39 is 0 Å². The molecule has 0 bridgehead atoms. The van der Waals surface area contributed by atoms with Crippen molar-refractivity contribution in [2.75, 3.05) is 24.5 Å². The molecule has 0 unspecified atom stereocenters. The van der Waals surface area contributed by atoms with Crippen LogP contribution in [0.3, 0.4) is 0 Å². The molecule has 2 aliphatic heterocycles. The number of rotatable bonds is 3. The summed E-state index contributed by atoms with van der Waals surface area (Å²) in [5.41, 5.74) is 4.45. The second-order valence-electron chi connectivity index (χ2n) is 7.84. The highest BCUT2D eigenvalue weighted by molar-refractivity contribution is 6.06. The van der Waals surface area contributed by atoms with Crippen LogP contribution in [0.25, 0.3) is 0 Å². The van der Waals surface area contributed by atoms with E-state index in [1.807, 2.05) is 23.1 Å². The molecule has 26 heavy (non-hydrogen) atoms. The summed E-state index contributed by atoms with van der Waals surface area (Å²) in [6.45, 7) is 6.52. The topological polar surface area (TPSA) is 23.6 Å². The number of benzene rings is 2. The van der Waals surface area contributed by atoms with Crippen molar-refractivity contribution in [3.8, 4) is 0 Å². The smallest absolute Gasteiger partial charge is 0.258 e. The number of carbonyl (C=O) groups is 1. The molecule has 0 saturated carbocycles. The van der Waals surface area contributed by atoms with Crippen molar-refractivity contribution in [1.82, 2.24) is 4.90 Å². The summed E-state index contributed by atoms with van der Waals surface area (Å²) in [6.07, 6.45) is 4.69. The molecular formula is C23H28N2O. The van der Waals surface area contributed by atoms with Crippen LogP contribution in [0.1, 0.15) is 47.7 Å². The van der Waals surface area contributed by atoms with Crippen LogP contribution in [0, 0.1) is 5.92 Å². The number of hydrogen-bond acceptors (Lipinski definition) is 2. The molecule has 0 atom stereocenters. The van der Waals surface area contributed by atoms with Crippen molar-refractivity contribution in [3.05, 3.63) is 65.2 Å². The molecule has 0 aromatic heterocycles. The maximum absolute atomic E-state index is 13.0. The average molecular weight is 348 g/mol. The van der Waals surface area contributed by atoms with Crippen LogP contribution in [0.15, 0.2) is 48.5 Å². The lowest BCUT2D eigenvalue weighted by molar-refractivity contribution is 0.0985. The highest BCUT2D eigenvalue weighted by Gasteiger charge is 2.23. The number of carbonyl (C=O) groups excluding carboxylic acids is 1. The van der Waals surface area contributed by atoms with Crippen LogP contribution < -0.4 is 4.90 Å². The Morgan fingerprint density at radius 3 is 2.50 bits per heavy atom. The van der Waals surface area contributed by atoms with Gasteiger partial charge in [-0.05, 0) is 74.0 Å². The molecule has 0 radical (unpaired) electrons. The first-order valence-electron chi connectivity index (χ1n) is 9.92. The first kappa shape index (κ1) is 17.3. The van der Waals surface area contributed by atoms with Gasteiger partial charge in [0, 0.05) is 24.3 Å². The minimum Gasteiger partial charge on any atom is -0.308 e. The van der Waals surface area contributed by atoms with Crippen LogP contribution in [0.4, 0.5) is 5.69 Å². The van der Waals surface area contributed by atoms with Gasteiger partial charge in [-0.25, -0.2) is 0 Å². The van der Waals surface area contributed by atoms with E-state index >= 15 is 0 Å². The summed E-state index contributed by atoms with van der Waals surface area (Å²) < 4.78 is 0. The maximum Gasteiger partial charge on any atom is 0.258 e. The Bertz CT molecular complexity index is 760. The monoisotopic (exact) mass is 348 g/mol. The molecule has 3 nitrogen and oxygen atoms in total. The van der Waals surface area contributed by atoms with E-state index in [1.54, 1.807) is 0 Å². The molecule has 136 valence electrons. The van der Waals surface area contributed by atoms with Gasteiger partial charge in [-0.1, -0.05) is 37.3 Å². The first-order chi connectivity index (χ1) is 12.7. The Kier molecular flexibility index (Phi) is 5.07. The van der Waals surface area contributed by atoms with Gasteiger partial charge in [0.15, 0.2) is 0 Å². The lowest BCUT2D eigenvalue weighted by Gasteiger charge is -2.30. The standard InChI is InChI=1S/C23H28N2O/c1-18-12-15-24(16-13-18)17-19-8-10-21(11-9-19)23(26)25-14-4-6-20-5-2-3-7-22(20)25/h2-3,5,7-11,18H,4,6,12-17H2,1H3. The van der Waals surface area contributed by atoms with Crippen LogP contribution in [-0.2, 0) is 13.0 Å². The van der Waals surface area contributed by atoms with Gasteiger partial charge in [0.2, 0.25) is 0 Å². The Hall–Kier alpha value is -2.13. The predicted molar refractivity (Wildman–Crippen MR) is 107 cm³/mol. The zero-order valence-corrected chi connectivity index (χ0v) is 15.7. The summed E-state index contributed by atoms with van der Waals surface area (Å²) in [4.78, 5) is 17.5. The lowest BCUT2D eigenvalue weighted by atomic mass is 9.98. The summed E-state index contributed by atoms with van der Waals surface area (Å²) in [6, 6.07) is 16.5. The Labute approximate surface area is 156 Å². The fourth-order valence-electron chi connectivity index (χ4n) is 4.13. The van der Waals surface area contributed by atoms with Crippen LogP contribution >= 0.6 is 0 Å². The Morgan fingerprint density at radius 2 is 1.73 bits per heavy atom. The van der Waals surface area contributed by atoms with Gasteiger partial charge in [-0.3, -0.25) is 9.69 Å². The van der Waals surface area contributed by atoms with Gasteiger partial charge in [-0.15, -0.1) is 0 Å². The number of aryl methyl sites for hydroxylation is 1. The fraction of sp³-hybridized carbons (Fsp3) is 0.435. The number of hydrogen-bond donors (Lipinski definition) is 0. The Morgan fingerprint density at radius 1 is 1.00 bits per heavy atom. The Balaban J connectivity index is 1.45. The zero-order valence-electron chi connectivity index (χ0n) is 15.7. The summed E-state index contributed by atoms with van der Waals surface area (Å²) >= 11 is 0. The molecule has 2 aliphatic rings. The van der Waals surface area contributed by atoms with Gasteiger partial charge in [-0.2, -0.15) is 0 Å². The highest BCUT2D eigenvalue weighted by atomic mass is 16.2. The number of fused-ring (bicyclic) bond motifs is 1. The van der Waals surface area contributed by atoms with E-state index in [4.69, 9.17) is 0 Å². The van der Waals surface area contributed by atoms with Crippen molar-refractivity contribution < 1.29 is 4.79 Å². The minimum atomic E-state index is 0.121. The third-order valence-corrected chi connectivity index (χ3v) is 5.84. The van der Waals surface area contributed by atoms with E-state index in [1.165, 1.54) is 37.1 Å². The summed E-state index contributed by atoms with van der Waals surface area (Å²) in [5, 5.41) is 0. The fourth-order valence-corrected chi connectivity index (χ4v) is 4.13. The molecule has 4 rings (SSSR count). The highest BCUT2D eigenvalue weighted by Crippen LogP contribution is 2.28. The molecule has 2 heterocycles. The molecule has 0 aliphatic carbocycles.